The molecule has 1 heterocycles. The first kappa shape index (κ1) is 12.9. The monoisotopic (exact) mass is 187 g/mol. The average Bonchev–Trinajstić information content (AvgIpc) is 2.55. The van der Waals surface area contributed by atoms with Gasteiger partial charge in [0.1, 0.15) is 0 Å². The van der Waals surface area contributed by atoms with Gasteiger partial charge in [0.05, 0.1) is 12.2 Å². The Morgan fingerprint density at radius 1 is 1.15 bits per heavy atom. The van der Waals surface area contributed by atoms with Crippen LogP contribution in [0.4, 0.5) is 0 Å². The Balaban J connectivity index is 0.000000671. The molecule has 1 rings (SSSR count). The Labute approximate surface area is 83.3 Å². The first-order valence-corrected chi connectivity index (χ1v) is 5.52. The number of hydrogen-bond donors (Lipinski definition) is 0. The van der Waals surface area contributed by atoms with E-state index in [0.717, 1.165) is 6.54 Å². The van der Waals surface area contributed by atoms with Crippen LogP contribution in [0.25, 0.3) is 0 Å². The highest BCUT2D eigenvalue weighted by molar-refractivity contribution is 4.73. The molecule has 2 unspecified atom stereocenters. The Kier molecular flexibility index (Phi) is 7.29. The minimum Gasteiger partial charge on any atom is -0.374 e. The summed E-state index contributed by atoms with van der Waals surface area (Å²) < 4.78 is 5.78. The molecule has 2 nitrogen and oxygen atoms in total. The fourth-order valence-electron chi connectivity index (χ4n) is 1.62. The minimum atomic E-state index is 0.495. The smallest absolute Gasteiger partial charge is 0.0706 e. The zero-order valence-electron chi connectivity index (χ0n) is 9.84. The maximum Gasteiger partial charge on any atom is 0.0706 e. The van der Waals surface area contributed by atoms with Crippen LogP contribution in [0.3, 0.4) is 0 Å². The molecule has 0 aromatic carbocycles. The minimum absolute atomic E-state index is 0.495. The first-order chi connectivity index (χ1) is 6.22. The maximum absolute atomic E-state index is 5.78. The number of hydrogen-bond acceptors (Lipinski definition) is 2. The SMILES string of the molecule is CC.CCC1CCC(CN(C)C)O1. The van der Waals surface area contributed by atoms with Crippen LogP contribution in [0.2, 0.25) is 0 Å². The molecular weight excluding hydrogens is 162 g/mol. The molecular formula is C11H25NO. The van der Waals surface area contributed by atoms with Gasteiger partial charge in [-0.05, 0) is 33.4 Å². The van der Waals surface area contributed by atoms with Gasteiger partial charge < -0.3 is 9.64 Å². The van der Waals surface area contributed by atoms with Crippen molar-refractivity contribution < 1.29 is 4.74 Å². The van der Waals surface area contributed by atoms with Crippen LogP contribution in [-0.4, -0.2) is 37.7 Å². The van der Waals surface area contributed by atoms with Crippen molar-refractivity contribution in [2.24, 2.45) is 0 Å². The summed E-state index contributed by atoms with van der Waals surface area (Å²) in [7, 11) is 4.20. The molecule has 0 spiro atoms. The largest absolute Gasteiger partial charge is 0.374 e. The van der Waals surface area contributed by atoms with E-state index in [1.54, 1.807) is 0 Å². The Bertz CT molecular complexity index is 115. The van der Waals surface area contributed by atoms with Gasteiger partial charge in [0.15, 0.2) is 0 Å². The summed E-state index contributed by atoms with van der Waals surface area (Å²) in [4.78, 5) is 2.20. The van der Waals surface area contributed by atoms with Crippen molar-refractivity contribution in [1.82, 2.24) is 4.90 Å². The topological polar surface area (TPSA) is 12.5 Å². The second kappa shape index (κ2) is 7.34. The molecule has 2 heteroatoms. The predicted octanol–water partition coefficient (Wildman–Crippen LogP) is 2.53. The van der Waals surface area contributed by atoms with E-state index in [-0.39, 0.29) is 0 Å². The molecule has 0 aromatic rings. The fraction of sp³-hybridized carbons (Fsp3) is 1.00. The molecule has 2 atom stereocenters. The molecule has 0 N–H and O–H groups in total. The van der Waals surface area contributed by atoms with E-state index < -0.39 is 0 Å². The van der Waals surface area contributed by atoms with Crippen LogP contribution in [0.15, 0.2) is 0 Å². The van der Waals surface area contributed by atoms with Gasteiger partial charge in [-0.25, -0.2) is 0 Å². The van der Waals surface area contributed by atoms with E-state index in [1.165, 1.54) is 19.3 Å². The molecule has 1 aliphatic rings. The van der Waals surface area contributed by atoms with Crippen LogP contribution in [-0.2, 0) is 4.74 Å². The third-order valence-corrected chi connectivity index (χ3v) is 2.22. The Morgan fingerprint density at radius 2 is 1.69 bits per heavy atom. The van der Waals surface area contributed by atoms with Gasteiger partial charge >= 0.3 is 0 Å². The van der Waals surface area contributed by atoms with Gasteiger partial charge in [0, 0.05) is 6.54 Å². The van der Waals surface area contributed by atoms with E-state index in [0.29, 0.717) is 12.2 Å². The molecule has 80 valence electrons. The van der Waals surface area contributed by atoms with Gasteiger partial charge in [-0.2, -0.15) is 0 Å². The van der Waals surface area contributed by atoms with Gasteiger partial charge in [-0.3, -0.25) is 0 Å². The molecule has 13 heavy (non-hydrogen) atoms. The van der Waals surface area contributed by atoms with Crippen molar-refractivity contribution in [3.63, 3.8) is 0 Å². The van der Waals surface area contributed by atoms with Gasteiger partial charge in [-0.15, -0.1) is 0 Å². The molecule has 0 saturated carbocycles. The average molecular weight is 187 g/mol. The lowest BCUT2D eigenvalue weighted by molar-refractivity contribution is 0.0297. The fourth-order valence-corrected chi connectivity index (χ4v) is 1.62. The van der Waals surface area contributed by atoms with E-state index in [1.807, 2.05) is 13.8 Å². The Morgan fingerprint density at radius 3 is 2.08 bits per heavy atom. The lowest BCUT2D eigenvalue weighted by atomic mass is 10.1. The van der Waals surface area contributed by atoms with Crippen molar-refractivity contribution in [3.8, 4) is 0 Å². The zero-order chi connectivity index (χ0) is 10.3. The van der Waals surface area contributed by atoms with E-state index >= 15 is 0 Å². The summed E-state index contributed by atoms with van der Waals surface area (Å²) in [5.41, 5.74) is 0. The third-order valence-electron chi connectivity index (χ3n) is 2.22. The summed E-state index contributed by atoms with van der Waals surface area (Å²) in [5.74, 6) is 0. The number of ether oxygens (including phenoxy) is 1. The molecule has 1 aliphatic heterocycles. The highest BCUT2D eigenvalue weighted by Crippen LogP contribution is 2.21. The van der Waals surface area contributed by atoms with Crippen LogP contribution >= 0.6 is 0 Å². The van der Waals surface area contributed by atoms with E-state index in [9.17, 15) is 0 Å². The standard InChI is InChI=1S/C9H19NO.C2H6/c1-4-8-5-6-9(11-8)7-10(2)3;1-2/h8-9H,4-7H2,1-3H3;1-2H3. The molecule has 0 aliphatic carbocycles. The van der Waals surface area contributed by atoms with Crippen molar-refractivity contribution in [1.29, 1.82) is 0 Å². The second-order valence-corrected chi connectivity index (χ2v) is 3.63. The molecule has 1 fully saturated rings. The van der Waals surface area contributed by atoms with Gasteiger partial charge in [0.2, 0.25) is 0 Å². The zero-order valence-corrected chi connectivity index (χ0v) is 9.84. The number of nitrogens with zero attached hydrogens (tertiary/aromatic N) is 1. The van der Waals surface area contributed by atoms with Crippen LogP contribution in [0.5, 0.6) is 0 Å². The molecule has 0 bridgehead atoms. The lowest BCUT2D eigenvalue weighted by Gasteiger charge is -2.16. The van der Waals surface area contributed by atoms with E-state index in [2.05, 4.69) is 25.9 Å². The van der Waals surface area contributed by atoms with Crippen LogP contribution < -0.4 is 0 Å². The van der Waals surface area contributed by atoms with Crippen LogP contribution in [0.1, 0.15) is 40.0 Å². The summed E-state index contributed by atoms with van der Waals surface area (Å²) in [6.07, 6.45) is 4.71. The summed E-state index contributed by atoms with van der Waals surface area (Å²) in [5, 5.41) is 0. The van der Waals surface area contributed by atoms with Gasteiger partial charge in [-0.1, -0.05) is 20.8 Å². The summed E-state index contributed by atoms with van der Waals surface area (Å²) in [6.45, 7) is 7.28. The highest BCUT2D eigenvalue weighted by atomic mass is 16.5. The van der Waals surface area contributed by atoms with Crippen LogP contribution in [0, 0.1) is 0 Å². The van der Waals surface area contributed by atoms with Crippen molar-refractivity contribution in [2.45, 2.75) is 52.2 Å². The highest BCUT2D eigenvalue weighted by Gasteiger charge is 2.23. The molecule has 1 saturated heterocycles. The van der Waals surface area contributed by atoms with E-state index in [4.69, 9.17) is 4.74 Å². The first-order valence-electron chi connectivity index (χ1n) is 5.52. The second-order valence-electron chi connectivity index (χ2n) is 3.63. The molecule has 0 radical (unpaired) electrons. The summed E-state index contributed by atoms with van der Waals surface area (Å²) in [6, 6.07) is 0. The summed E-state index contributed by atoms with van der Waals surface area (Å²) >= 11 is 0. The molecule has 0 aromatic heterocycles. The van der Waals surface area contributed by atoms with Crippen molar-refractivity contribution >= 4 is 0 Å². The quantitative estimate of drug-likeness (QED) is 0.673. The number of rotatable bonds is 3. The maximum atomic E-state index is 5.78. The normalized spacial score (nSPS) is 27.2. The van der Waals surface area contributed by atoms with Crippen molar-refractivity contribution in [2.75, 3.05) is 20.6 Å². The Hall–Kier alpha value is -0.0800. The lowest BCUT2D eigenvalue weighted by Crippen LogP contribution is -2.26. The van der Waals surface area contributed by atoms with Gasteiger partial charge in [0.25, 0.3) is 0 Å². The third kappa shape index (κ3) is 5.27. The molecule has 0 amide bonds. The predicted molar refractivity (Wildman–Crippen MR) is 58.1 cm³/mol. The number of likely N-dealkylation sites (N-methyl/N-ethyl adjacent to an activating group) is 1. The van der Waals surface area contributed by atoms with Crippen molar-refractivity contribution in [3.05, 3.63) is 0 Å².